The summed E-state index contributed by atoms with van der Waals surface area (Å²) in [5, 5.41) is -0.134. The molecule has 0 unspecified atom stereocenters. The van der Waals surface area contributed by atoms with E-state index in [-0.39, 0.29) is 17.3 Å². The molecule has 110 valence electrons. The van der Waals surface area contributed by atoms with Crippen molar-refractivity contribution in [1.82, 2.24) is 9.97 Å². The lowest BCUT2D eigenvalue weighted by molar-refractivity contribution is -0.119. The van der Waals surface area contributed by atoms with Gasteiger partial charge in [0.1, 0.15) is 6.17 Å². The molecule has 0 atom stereocenters. The first-order valence-corrected chi connectivity index (χ1v) is 7.61. The fourth-order valence-electron chi connectivity index (χ4n) is 2.32. The molecule has 2 aliphatic heterocycles. The van der Waals surface area contributed by atoms with E-state index in [9.17, 15) is 14.0 Å². The van der Waals surface area contributed by atoms with E-state index in [1.54, 1.807) is 18.3 Å². The highest BCUT2D eigenvalue weighted by molar-refractivity contribution is 8.18. The number of ketones is 1. The molecule has 1 aromatic heterocycles. The van der Waals surface area contributed by atoms with Crippen LogP contribution in [0.15, 0.2) is 17.2 Å². The molecule has 2 fully saturated rings. The van der Waals surface area contributed by atoms with Crippen molar-refractivity contribution >= 4 is 34.7 Å². The zero-order valence-electron chi connectivity index (χ0n) is 11.3. The van der Waals surface area contributed by atoms with Gasteiger partial charge in [0.25, 0.3) is 0 Å². The number of piperidine rings is 1. The Bertz CT molecular complexity index is 612. The Labute approximate surface area is 125 Å². The number of nitrogens with zero attached hydrogens (tertiary/aromatic N) is 3. The lowest BCUT2D eigenvalue weighted by atomic mass is 10.1. The molecule has 2 saturated heterocycles. The Morgan fingerprint density at radius 2 is 2.10 bits per heavy atom. The van der Waals surface area contributed by atoms with Gasteiger partial charge in [-0.2, -0.15) is 0 Å². The van der Waals surface area contributed by atoms with E-state index >= 15 is 0 Å². The van der Waals surface area contributed by atoms with E-state index in [1.807, 2.05) is 4.90 Å². The normalized spacial score (nSPS) is 22.3. The van der Waals surface area contributed by atoms with Crippen LogP contribution in [0.4, 0.5) is 10.3 Å². The minimum absolute atomic E-state index is 0.0432. The van der Waals surface area contributed by atoms with Crippen LogP contribution < -0.4 is 4.90 Å². The monoisotopic (exact) mass is 307 g/mol. The molecule has 1 aromatic rings. The van der Waals surface area contributed by atoms with E-state index in [1.165, 1.54) is 0 Å². The Morgan fingerprint density at radius 3 is 2.76 bits per heavy atom. The van der Waals surface area contributed by atoms with Crippen LogP contribution in [0, 0.1) is 0 Å². The van der Waals surface area contributed by atoms with E-state index in [0.717, 1.165) is 11.8 Å². The van der Waals surface area contributed by atoms with Crippen molar-refractivity contribution in [2.24, 2.45) is 0 Å². The second-order valence-corrected chi connectivity index (χ2v) is 6.13. The van der Waals surface area contributed by atoms with Gasteiger partial charge in [-0.3, -0.25) is 9.59 Å². The molecule has 0 amide bonds. The van der Waals surface area contributed by atoms with Gasteiger partial charge < -0.3 is 4.90 Å². The summed E-state index contributed by atoms with van der Waals surface area (Å²) in [5.74, 6) is 0.376. The topological polar surface area (TPSA) is 63.2 Å². The van der Waals surface area contributed by atoms with Crippen LogP contribution in [0.1, 0.15) is 25.0 Å². The number of rotatable bonds is 2. The van der Waals surface area contributed by atoms with Crippen molar-refractivity contribution in [3.05, 3.63) is 22.9 Å². The SMILES string of the molecule is O=C1CC(=O)/C(=C/c2ccnc(N3CCC(F)CC3)n2)S1. The molecular formula is C14H14FN3O2S. The van der Waals surface area contributed by atoms with Crippen LogP contribution >= 0.6 is 11.8 Å². The van der Waals surface area contributed by atoms with Crippen molar-refractivity contribution in [3.8, 4) is 0 Å². The van der Waals surface area contributed by atoms with E-state index in [4.69, 9.17) is 0 Å². The van der Waals surface area contributed by atoms with Gasteiger partial charge >= 0.3 is 0 Å². The molecule has 0 aromatic carbocycles. The van der Waals surface area contributed by atoms with Crippen LogP contribution in [0.2, 0.25) is 0 Å². The summed E-state index contributed by atoms with van der Waals surface area (Å²) < 4.78 is 13.2. The second-order valence-electron chi connectivity index (χ2n) is 5.03. The average Bonchev–Trinajstić information content (AvgIpc) is 2.78. The third-order valence-corrected chi connectivity index (χ3v) is 4.39. The van der Waals surface area contributed by atoms with Crippen LogP contribution in [-0.2, 0) is 9.59 Å². The maximum atomic E-state index is 13.2. The Balaban J connectivity index is 1.79. The van der Waals surface area contributed by atoms with Gasteiger partial charge in [0.05, 0.1) is 17.0 Å². The van der Waals surface area contributed by atoms with Gasteiger partial charge in [-0.15, -0.1) is 0 Å². The first-order chi connectivity index (χ1) is 10.1. The van der Waals surface area contributed by atoms with Crippen LogP contribution in [0.25, 0.3) is 6.08 Å². The van der Waals surface area contributed by atoms with Gasteiger partial charge in [-0.1, -0.05) is 0 Å². The molecule has 3 heterocycles. The molecule has 7 heteroatoms. The number of carbonyl (C=O) groups excluding carboxylic acids is 2. The largest absolute Gasteiger partial charge is 0.341 e. The number of thioether (sulfide) groups is 1. The summed E-state index contributed by atoms with van der Waals surface area (Å²) >= 11 is 0.959. The smallest absolute Gasteiger partial charge is 0.225 e. The number of hydrogen-bond donors (Lipinski definition) is 0. The molecule has 0 saturated carbocycles. The van der Waals surface area contributed by atoms with Crippen LogP contribution in [0.5, 0.6) is 0 Å². The average molecular weight is 307 g/mol. The molecule has 21 heavy (non-hydrogen) atoms. The number of carbonyl (C=O) groups is 2. The van der Waals surface area contributed by atoms with Crippen molar-refractivity contribution in [2.45, 2.75) is 25.4 Å². The number of allylic oxidation sites excluding steroid dienone is 1. The third kappa shape index (κ3) is 3.29. The number of halogens is 1. The van der Waals surface area contributed by atoms with Gasteiger partial charge in [0, 0.05) is 19.3 Å². The molecule has 0 radical (unpaired) electrons. The molecule has 5 nitrogen and oxygen atoms in total. The zero-order valence-corrected chi connectivity index (χ0v) is 12.1. The van der Waals surface area contributed by atoms with Gasteiger partial charge in [0.2, 0.25) is 11.1 Å². The number of aromatic nitrogens is 2. The fraction of sp³-hybridized carbons (Fsp3) is 0.429. The van der Waals surface area contributed by atoms with Gasteiger partial charge in [-0.25, -0.2) is 14.4 Å². The minimum atomic E-state index is -0.745. The summed E-state index contributed by atoms with van der Waals surface area (Å²) in [7, 11) is 0. The summed E-state index contributed by atoms with van der Waals surface area (Å²) in [4.78, 5) is 33.8. The summed E-state index contributed by atoms with van der Waals surface area (Å²) in [6.07, 6.45) is 3.41. The van der Waals surface area contributed by atoms with Crippen LogP contribution in [0.3, 0.4) is 0 Å². The van der Waals surface area contributed by atoms with E-state index < -0.39 is 6.17 Å². The van der Waals surface area contributed by atoms with Crippen LogP contribution in [-0.4, -0.2) is 40.1 Å². The lowest BCUT2D eigenvalue weighted by Gasteiger charge is -2.28. The first-order valence-electron chi connectivity index (χ1n) is 6.79. The Morgan fingerprint density at radius 1 is 1.33 bits per heavy atom. The van der Waals surface area contributed by atoms with E-state index in [2.05, 4.69) is 9.97 Å². The number of anilines is 1. The molecule has 0 spiro atoms. The highest BCUT2D eigenvalue weighted by Crippen LogP contribution is 2.30. The fourth-order valence-corrected chi connectivity index (χ4v) is 3.13. The maximum absolute atomic E-state index is 13.2. The number of hydrogen-bond acceptors (Lipinski definition) is 6. The highest BCUT2D eigenvalue weighted by atomic mass is 32.2. The Kier molecular flexibility index (Phi) is 4.01. The molecule has 0 bridgehead atoms. The van der Waals surface area contributed by atoms with E-state index in [0.29, 0.717) is 42.5 Å². The number of Topliss-reactive ketones (excluding diaryl/α,β-unsaturated/α-hetero) is 1. The molecule has 3 rings (SSSR count). The quantitative estimate of drug-likeness (QED) is 0.615. The minimum Gasteiger partial charge on any atom is -0.341 e. The van der Waals surface area contributed by atoms with Crippen molar-refractivity contribution in [1.29, 1.82) is 0 Å². The summed E-state index contributed by atoms with van der Waals surface area (Å²) in [6, 6.07) is 1.69. The predicted octanol–water partition coefficient (Wildman–Crippen LogP) is 1.99. The second kappa shape index (κ2) is 5.93. The summed E-state index contributed by atoms with van der Waals surface area (Å²) in [6.45, 7) is 1.18. The standard InChI is InChI=1S/C14H14FN3O2S/c15-9-2-5-18(6-3-9)14-16-4-1-10(17-14)7-12-11(19)8-13(20)21-12/h1,4,7,9H,2-3,5-6,8H2/b12-7-. The molecular weight excluding hydrogens is 293 g/mol. The lowest BCUT2D eigenvalue weighted by Crippen LogP contribution is -2.35. The summed E-state index contributed by atoms with van der Waals surface area (Å²) in [5.41, 5.74) is 0.591. The molecule has 2 aliphatic rings. The number of alkyl halides is 1. The molecule has 0 aliphatic carbocycles. The predicted molar refractivity (Wildman–Crippen MR) is 78.6 cm³/mol. The third-order valence-electron chi connectivity index (χ3n) is 3.45. The van der Waals surface area contributed by atoms with Crippen molar-refractivity contribution in [3.63, 3.8) is 0 Å². The van der Waals surface area contributed by atoms with Crippen molar-refractivity contribution < 1.29 is 14.0 Å². The first kappa shape index (κ1) is 14.2. The highest BCUT2D eigenvalue weighted by Gasteiger charge is 2.26. The molecule has 0 N–H and O–H groups in total. The Hall–Kier alpha value is -1.76. The van der Waals surface area contributed by atoms with Crippen molar-refractivity contribution in [2.75, 3.05) is 18.0 Å². The maximum Gasteiger partial charge on any atom is 0.225 e. The zero-order chi connectivity index (χ0) is 14.8. The van der Waals surface area contributed by atoms with Gasteiger partial charge in [-0.05, 0) is 36.7 Å². The van der Waals surface area contributed by atoms with Gasteiger partial charge in [0.15, 0.2) is 5.78 Å².